The number of aryl methyl sites for hydroxylation is 2. The van der Waals surface area contributed by atoms with Crippen LogP contribution in [0.3, 0.4) is 0 Å². The standard InChI is InChI=1S/C32H39N3O4S/c1-24-18-20-29(21-19-24)40(38,39)35(30-17-11-10-12-25(30)2)23-31(36)34(22-27-13-6-4-7-14-27)26(3)32(37)33-28-15-8-5-9-16-28/h4,6-7,10-14,17-21,26,28H,5,8-9,15-16,22-23H2,1-3H3,(H,33,37)/t26-/m1/s1. The first-order valence-corrected chi connectivity index (χ1v) is 15.4. The SMILES string of the molecule is Cc1ccc(S(=O)(=O)N(CC(=O)N(Cc2ccccc2)[C@H](C)C(=O)NC2CCCCC2)c2ccccc2C)cc1. The molecule has 1 fully saturated rings. The van der Waals surface area contributed by atoms with Gasteiger partial charge in [-0.3, -0.25) is 13.9 Å². The molecule has 0 unspecified atom stereocenters. The summed E-state index contributed by atoms with van der Waals surface area (Å²) >= 11 is 0. The van der Waals surface area contributed by atoms with Crippen LogP contribution >= 0.6 is 0 Å². The smallest absolute Gasteiger partial charge is 0.264 e. The minimum Gasteiger partial charge on any atom is -0.352 e. The molecule has 0 aromatic heterocycles. The Labute approximate surface area is 238 Å². The van der Waals surface area contributed by atoms with Gasteiger partial charge in [0.05, 0.1) is 10.6 Å². The first kappa shape index (κ1) is 29.3. The summed E-state index contributed by atoms with van der Waals surface area (Å²) in [6.07, 6.45) is 5.19. The zero-order chi connectivity index (χ0) is 28.7. The molecule has 1 N–H and O–H groups in total. The van der Waals surface area contributed by atoms with Gasteiger partial charge in [-0.05, 0) is 62.9 Å². The number of hydrogen-bond donors (Lipinski definition) is 1. The Kier molecular flexibility index (Phi) is 9.63. The summed E-state index contributed by atoms with van der Waals surface area (Å²) in [7, 11) is -4.08. The van der Waals surface area contributed by atoms with Gasteiger partial charge in [0.15, 0.2) is 0 Å². The van der Waals surface area contributed by atoms with Crippen molar-refractivity contribution in [2.24, 2.45) is 0 Å². The largest absolute Gasteiger partial charge is 0.352 e. The van der Waals surface area contributed by atoms with E-state index in [4.69, 9.17) is 0 Å². The van der Waals surface area contributed by atoms with Crippen molar-refractivity contribution in [2.75, 3.05) is 10.8 Å². The maximum atomic E-state index is 14.1. The minimum atomic E-state index is -4.08. The Balaban J connectivity index is 1.67. The Hall–Kier alpha value is -3.65. The van der Waals surface area contributed by atoms with Crippen molar-refractivity contribution < 1.29 is 18.0 Å². The number of anilines is 1. The van der Waals surface area contributed by atoms with Crippen molar-refractivity contribution in [1.82, 2.24) is 10.2 Å². The second-order valence-electron chi connectivity index (χ2n) is 10.6. The molecule has 8 heteroatoms. The van der Waals surface area contributed by atoms with Gasteiger partial charge in [0.25, 0.3) is 10.0 Å². The summed E-state index contributed by atoms with van der Waals surface area (Å²) in [4.78, 5) is 29.0. The summed E-state index contributed by atoms with van der Waals surface area (Å²) in [5.74, 6) is -0.672. The second kappa shape index (κ2) is 13.1. The maximum absolute atomic E-state index is 14.1. The fourth-order valence-corrected chi connectivity index (χ4v) is 6.60. The fraction of sp³-hybridized carbons (Fsp3) is 0.375. The summed E-state index contributed by atoms with van der Waals surface area (Å²) in [6.45, 7) is 5.17. The van der Waals surface area contributed by atoms with Crippen LogP contribution in [0.15, 0.2) is 83.8 Å². The molecular weight excluding hydrogens is 522 g/mol. The Bertz CT molecular complexity index is 1400. The average Bonchev–Trinajstić information content (AvgIpc) is 2.96. The molecule has 7 nitrogen and oxygen atoms in total. The molecule has 0 spiro atoms. The number of amides is 2. The van der Waals surface area contributed by atoms with Crippen molar-refractivity contribution >= 4 is 27.5 Å². The lowest BCUT2D eigenvalue weighted by atomic mass is 9.95. The van der Waals surface area contributed by atoms with Crippen molar-refractivity contribution in [3.05, 3.63) is 95.6 Å². The Morgan fingerprint density at radius 1 is 0.875 bits per heavy atom. The van der Waals surface area contributed by atoms with Gasteiger partial charge >= 0.3 is 0 Å². The van der Waals surface area contributed by atoms with E-state index in [9.17, 15) is 18.0 Å². The van der Waals surface area contributed by atoms with E-state index in [0.717, 1.165) is 42.4 Å². The summed E-state index contributed by atoms with van der Waals surface area (Å²) in [5.41, 5.74) is 2.94. The number of hydrogen-bond acceptors (Lipinski definition) is 4. The molecule has 4 rings (SSSR count). The van der Waals surface area contributed by atoms with Gasteiger partial charge in [-0.1, -0.05) is 85.5 Å². The Morgan fingerprint density at radius 3 is 2.15 bits per heavy atom. The summed E-state index contributed by atoms with van der Waals surface area (Å²) in [5, 5.41) is 3.13. The van der Waals surface area contributed by atoms with Gasteiger partial charge in [0.1, 0.15) is 12.6 Å². The third kappa shape index (κ3) is 7.10. The van der Waals surface area contributed by atoms with Gasteiger partial charge < -0.3 is 10.2 Å². The molecule has 0 radical (unpaired) electrons. The van der Waals surface area contributed by atoms with E-state index in [0.29, 0.717) is 5.69 Å². The number of nitrogens with one attached hydrogen (secondary N) is 1. The van der Waals surface area contributed by atoms with Crippen molar-refractivity contribution in [2.45, 2.75) is 76.4 Å². The summed E-state index contributed by atoms with van der Waals surface area (Å²) in [6, 6.07) is 22.5. The van der Waals surface area contributed by atoms with E-state index >= 15 is 0 Å². The zero-order valence-corrected chi connectivity index (χ0v) is 24.4. The first-order valence-electron chi connectivity index (χ1n) is 14.0. The monoisotopic (exact) mass is 561 g/mol. The molecule has 0 bridgehead atoms. The van der Waals surface area contributed by atoms with Crippen molar-refractivity contribution in [3.8, 4) is 0 Å². The van der Waals surface area contributed by atoms with Crippen LogP contribution in [0.2, 0.25) is 0 Å². The number of sulfonamides is 1. The van der Waals surface area contributed by atoms with Gasteiger partial charge in [-0.15, -0.1) is 0 Å². The third-order valence-corrected chi connectivity index (χ3v) is 9.36. The van der Waals surface area contributed by atoms with Crippen LogP contribution in [0.4, 0.5) is 5.69 Å². The molecule has 3 aromatic rings. The predicted molar refractivity (Wildman–Crippen MR) is 158 cm³/mol. The number of nitrogens with zero attached hydrogens (tertiary/aromatic N) is 2. The molecule has 1 saturated carbocycles. The van der Waals surface area contributed by atoms with Crippen LogP contribution in [0.25, 0.3) is 0 Å². The van der Waals surface area contributed by atoms with E-state index in [1.54, 1.807) is 43.3 Å². The van der Waals surface area contributed by atoms with Crippen LogP contribution < -0.4 is 9.62 Å². The minimum absolute atomic E-state index is 0.0998. The molecule has 1 aliphatic carbocycles. The first-order chi connectivity index (χ1) is 19.2. The topological polar surface area (TPSA) is 86.8 Å². The van der Waals surface area contributed by atoms with E-state index in [1.807, 2.05) is 56.3 Å². The van der Waals surface area contributed by atoms with Crippen LogP contribution in [-0.4, -0.2) is 43.8 Å². The molecule has 40 heavy (non-hydrogen) atoms. The predicted octanol–water partition coefficient (Wildman–Crippen LogP) is 5.36. The molecule has 212 valence electrons. The lowest BCUT2D eigenvalue weighted by Gasteiger charge is -2.33. The fourth-order valence-electron chi connectivity index (χ4n) is 5.13. The quantitative estimate of drug-likeness (QED) is 0.361. The zero-order valence-electron chi connectivity index (χ0n) is 23.5. The lowest BCUT2D eigenvalue weighted by molar-refractivity contribution is -0.139. The van der Waals surface area contributed by atoms with Crippen molar-refractivity contribution in [3.63, 3.8) is 0 Å². The average molecular weight is 562 g/mol. The van der Waals surface area contributed by atoms with Crippen LogP contribution in [-0.2, 0) is 26.2 Å². The van der Waals surface area contributed by atoms with Gasteiger partial charge in [-0.2, -0.15) is 0 Å². The number of benzene rings is 3. The molecule has 2 amide bonds. The number of carbonyl (C=O) groups is 2. The highest BCUT2D eigenvalue weighted by Gasteiger charge is 2.33. The number of para-hydroxylation sites is 1. The summed E-state index contributed by atoms with van der Waals surface area (Å²) < 4.78 is 29.1. The molecule has 0 saturated heterocycles. The third-order valence-electron chi connectivity index (χ3n) is 7.59. The molecule has 3 aromatic carbocycles. The van der Waals surface area contributed by atoms with Crippen molar-refractivity contribution in [1.29, 1.82) is 0 Å². The molecule has 0 aliphatic heterocycles. The van der Waals surface area contributed by atoms with Gasteiger partial charge in [-0.25, -0.2) is 8.42 Å². The number of carbonyl (C=O) groups excluding carboxylic acids is 2. The molecule has 1 atom stereocenters. The molecular formula is C32H39N3O4S. The van der Waals surface area contributed by atoms with Crippen LogP contribution in [0.5, 0.6) is 0 Å². The van der Waals surface area contributed by atoms with Crippen LogP contribution in [0.1, 0.15) is 55.7 Å². The highest BCUT2D eigenvalue weighted by atomic mass is 32.2. The van der Waals surface area contributed by atoms with Crippen LogP contribution in [0, 0.1) is 13.8 Å². The molecule has 0 heterocycles. The highest BCUT2D eigenvalue weighted by molar-refractivity contribution is 7.92. The highest BCUT2D eigenvalue weighted by Crippen LogP contribution is 2.27. The van der Waals surface area contributed by atoms with Gasteiger partial charge in [0.2, 0.25) is 11.8 Å². The second-order valence-corrected chi connectivity index (χ2v) is 12.5. The Morgan fingerprint density at radius 2 is 1.50 bits per heavy atom. The van der Waals surface area contributed by atoms with E-state index in [2.05, 4.69) is 5.32 Å². The van der Waals surface area contributed by atoms with Gasteiger partial charge in [0, 0.05) is 12.6 Å². The van der Waals surface area contributed by atoms with E-state index < -0.39 is 28.5 Å². The number of rotatable bonds is 10. The molecule has 1 aliphatic rings. The van der Waals surface area contributed by atoms with E-state index in [1.165, 1.54) is 15.6 Å². The lowest BCUT2D eigenvalue weighted by Crippen LogP contribution is -2.53. The maximum Gasteiger partial charge on any atom is 0.264 e. The normalized spacial score (nSPS) is 14.8. The van der Waals surface area contributed by atoms with E-state index in [-0.39, 0.29) is 23.4 Å².